The quantitative estimate of drug-likeness (QED) is 0.770. The van der Waals surface area contributed by atoms with E-state index in [0.717, 1.165) is 25.3 Å². The van der Waals surface area contributed by atoms with E-state index in [1.54, 1.807) is 18.3 Å². The summed E-state index contributed by atoms with van der Waals surface area (Å²) in [4.78, 5) is 18.0. The first-order chi connectivity index (χ1) is 8.27. The van der Waals surface area contributed by atoms with Gasteiger partial charge in [-0.15, -0.1) is 0 Å². The molecular weight excluding hydrogens is 214 g/mol. The van der Waals surface area contributed by atoms with E-state index >= 15 is 0 Å². The molecule has 2 heterocycles. The van der Waals surface area contributed by atoms with Crippen molar-refractivity contribution in [1.82, 2.24) is 15.2 Å². The SMILES string of the molecule is CC1CNCCN1C(=O)/C=C/c1ccccn1. The summed E-state index contributed by atoms with van der Waals surface area (Å²) in [7, 11) is 0. The van der Waals surface area contributed by atoms with Crippen molar-refractivity contribution in [2.45, 2.75) is 13.0 Å². The van der Waals surface area contributed by atoms with Gasteiger partial charge in [0.05, 0.1) is 5.69 Å². The molecule has 2 rings (SSSR count). The number of nitrogens with one attached hydrogen (secondary N) is 1. The first-order valence-electron chi connectivity index (χ1n) is 5.88. The van der Waals surface area contributed by atoms with Crippen molar-refractivity contribution in [3.63, 3.8) is 0 Å². The third kappa shape index (κ3) is 3.14. The van der Waals surface area contributed by atoms with Gasteiger partial charge in [-0.05, 0) is 25.1 Å². The summed E-state index contributed by atoms with van der Waals surface area (Å²) < 4.78 is 0. The maximum Gasteiger partial charge on any atom is 0.246 e. The zero-order valence-electron chi connectivity index (χ0n) is 9.97. The Labute approximate surface area is 101 Å². The van der Waals surface area contributed by atoms with Crippen molar-refractivity contribution in [3.8, 4) is 0 Å². The number of rotatable bonds is 2. The Kier molecular flexibility index (Phi) is 3.88. The number of carbonyl (C=O) groups is 1. The van der Waals surface area contributed by atoms with Crippen molar-refractivity contribution in [1.29, 1.82) is 0 Å². The lowest BCUT2D eigenvalue weighted by molar-refractivity contribution is -0.128. The average molecular weight is 231 g/mol. The van der Waals surface area contributed by atoms with Crippen LogP contribution in [0.4, 0.5) is 0 Å². The molecule has 1 saturated heterocycles. The lowest BCUT2D eigenvalue weighted by Gasteiger charge is -2.33. The highest BCUT2D eigenvalue weighted by Crippen LogP contribution is 2.05. The highest BCUT2D eigenvalue weighted by Gasteiger charge is 2.20. The van der Waals surface area contributed by atoms with E-state index < -0.39 is 0 Å². The molecule has 1 aromatic heterocycles. The van der Waals surface area contributed by atoms with E-state index in [1.807, 2.05) is 23.1 Å². The Balaban J connectivity index is 1.99. The van der Waals surface area contributed by atoms with E-state index in [1.165, 1.54) is 0 Å². The highest BCUT2D eigenvalue weighted by atomic mass is 16.2. The molecule has 0 aliphatic carbocycles. The minimum absolute atomic E-state index is 0.0599. The van der Waals surface area contributed by atoms with Crippen molar-refractivity contribution in [3.05, 3.63) is 36.2 Å². The molecule has 1 aliphatic rings. The second kappa shape index (κ2) is 5.59. The summed E-state index contributed by atoms with van der Waals surface area (Å²) >= 11 is 0. The van der Waals surface area contributed by atoms with Gasteiger partial charge in [-0.1, -0.05) is 6.07 Å². The smallest absolute Gasteiger partial charge is 0.246 e. The Hall–Kier alpha value is -1.68. The third-order valence-corrected chi connectivity index (χ3v) is 2.87. The Morgan fingerprint density at radius 3 is 3.18 bits per heavy atom. The highest BCUT2D eigenvalue weighted by molar-refractivity contribution is 5.91. The summed E-state index contributed by atoms with van der Waals surface area (Å²) in [5, 5.41) is 3.26. The molecule has 4 nitrogen and oxygen atoms in total. The van der Waals surface area contributed by atoms with Crippen molar-refractivity contribution < 1.29 is 4.79 Å². The van der Waals surface area contributed by atoms with Gasteiger partial charge in [-0.2, -0.15) is 0 Å². The number of piperazine rings is 1. The van der Waals surface area contributed by atoms with Gasteiger partial charge >= 0.3 is 0 Å². The van der Waals surface area contributed by atoms with E-state index in [9.17, 15) is 4.79 Å². The lowest BCUT2D eigenvalue weighted by atomic mass is 10.2. The topological polar surface area (TPSA) is 45.2 Å². The number of nitrogens with zero attached hydrogens (tertiary/aromatic N) is 2. The van der Waals surface area contributed by atoms with Crippen molar-refractivity contribution in [2.24, 2.45) is 0 Å². The number of pyridine rings is 1. The van der Waals surface area contributed by atoms with Crippen LogP contribution in [0.25, 0.3) is 6.08 Å². The van der Waals surface area contributed by atoms with Gasteiger partial charge < -0.3 is 10.2 Å². The molecule has 0 aromatic carbocycles. The molecule has 1 atom stereocenters. The van der Waals surface area contributed by atoms with Crippen LogP contribution in [0.3, 0.4) is 0 Å². The van der Waals surface area contributed by atoms with E-state index in [0.29, 0.717) is 0 Å². The molecule has 1 amide bonds. The standard InChI is InChI=1S/C13H17N3O/c1-11-10-14-8-9-16(11)13(17)6-5-12-4-2-3-7-15-12/h2-7,11,14H,8-10H2,1H3/b6-5+. The van der Waals surface area contributed by atoms with Gasteiger partial charge in [0.25, 0.3) is 0 Å². The van der Waals surface area contributed by atoms with Crippen LogP contribution in [0.1, 0.15) is 12.6 Å². The van der Waals surface area contributed by atoms with Crippen LogP contribution in [-0.2, 0) is 4.79 Å². The molecule has 17 heavy (non-hydrogen) atoms. The Morgan fingerprint density at radius 2 is 2.47 bits per heavy atom. The van der Waals surface area contributed by atoms with Gasteiger partial charge in [0.1, 0.15) is 0 Å². The molecule has 90 valence electrons. The van der Waals surface area contributed by atoms with E-state index in [-0.39, 0.29) is 11.9 Å². The summed E-state index contributed by atoms with van der Waals surface area (Å²) in [6, 6.07) is 5.90. The van der Waals surface area contributed by atoms with E-state index in [4.69, 9.17) is 0 Å². The summed E-state index contributed by atoms with van der Waals surface area (Å²) in [5.41, 5.74) is 0.809. The van der Waals surface area contributed by atoms with Crippen LogP contribution in [0.2, 0.25) is 0 Å². The summed E-state index contributed by atoms with van der Waals surface area (Å²) in [6.07, 6.45) is 5.08. The molecule has 4 heteroatoms. The molecule has 0 saturated carbocycles. The number of carbonyl (C=O) groups excluding carboxylic acids is 1. The van der Waals surface area contributed by atoms with Crippen LogP contribution in [-0.4, -0.2) is 41.5 Å². The molecular formula is C13H17N3O. The van der Waals surface area contributed by atoms with E-state index in [2.05, 4.69) is 17.2 Å². The third-order valence-electron chi connectivity index (χ3n) is 2.87. The van der Waals surface area contributed by atoms with Crippen molar-refractivity contribution in [2.75, 3.05) is 19.6 Å². The number of hydrogen-bond donors (Lipinski definition) is 1. The Bertz CT molecular complexity index is 402. The molecule has 0 bridgehead atoms. The van der Waals surface area contributed by atoms with Crippen molar-refractivity contribution >= 4 is 12.0 Å². The monoisotopic (exact) mass is 231 g/mol. The maximum absolute atomic E-state index is 12.0. The fraction of sp³-hybridized carbons (Fsp3) is 0.385. The molecule has 1 aliphatic heterocycles. The largest absolute Gasteiger partial charge is 0.334 e. The molecule has 0 spiro atoms. The first-order valence-corrected chi connectivity index (χ1v) is 5.88. The fourth-order valence-corrected chi connectivity index (χ4v) is 1.90. The zero-order valence-corrected chi connectivity index (χ0v) is 9.97. The number of aromatic nitrogens is 1. The average Bonchev–Trinajstić information content (AvgIpc) is 2.38. The minimum atomic E-state index is 0.0599. The zero-order chi connectivity index (χ0) is 12.1. The van der Waals surface area contributed by atoms with Gasteiger partial charge in [-0.25, -0.2) is 0 Å². The van der Waals surface area contributed by atoms with Crippen LogP contribution < -0.4 is 5.32 Å². The molecule has 1 aromatic rings. The Morgan fingerprint density at radius 1 is 1.59 bits per heavy atom. The van der Waals surface area contributed by atoms with Gasteiger partial charge in [-0.3, -0.25) is 9.78 Å². The van der Waals surface area contributed by atoms with Gasteiger partial charge in [0.2, 0.25) is 5.91 Å². The van der Waals surface area contributed by atoms with Crippen LogP contribution in [0.15, 0.2) is 30.5 Å². The summed E-state index contributed by atoms with van der Waals surface area (Å²) in [6.45, 7) is 4.56. The van der Waals surface area contributed by atoms with Crippen LogP contribution in [0.5, 0.6) is 0 Å². The maximum atomic E-state index is 12.0. The normalized spacial score (nSPS) is 20.8. The lowest BCUT2D eigenvalue weighted by Crippen LogP contribution is -2.51. The second-order valence-electron chi connectivity index (χ2n) is 4.17. The van der Waals surface area contributed by atoms with Gasteiger partial charge in [0.15, 0.2) is 0 Å². The predicted molar refractivity (Wildman–Crippen MR) is 67.3 cm³/mol. The van der Waals surface area contributed by atoms with Gasteiger partial charge in [0, 0.05) is 37.9 Å². The molecule has 1 fully saturated rings. The first kappa shape index (κ1) is 11.8. The van der Waals surface area contributed by atoms with Crippen LogP contribution in [0, 0.1) is 0 Å². The molecule has 1 unspecified atom stereocenters. The predicted octanol–water partition coefficient (Wildman–Crippen LogP) is 0.915. The fourth-order valence-electron chi connectivity index (χ4n) is 1.90. The summed E-state index contributed by atoms with van der Waals surface area (Å²) in [5.74, 6) is 0.0599. The minimum Gasteiger partial charge on any atom is -0.334 e. The second-order valence-corrected chi connectivity index (χ2v) is 4.17. The number of amides is 1. The number of hydrogen-bond acceptors (Lipinski definition) is 3. The van der Waals surface area contributed by atoms with Crippen LogP contribution >= 0.6 is 0 Å². The molecule has 1 N–H and O–H groups in total. The molecule has 0 radical (unpaired) electrons.